The lowest BCUT2D eigenvalue weighted by Gasteiger charge is -2.21. The Morgan fingerprint density at radius 1 is 1.00 bits per heavy atom. The van der Waals surface area contributed by atoms with Crippen LogP contribution >= 0.6 is 0 Å². The van der Waals surface area contributed by atoms with Gasteiger partial charge in [-0.05, 0) is 34.6 Å². The Balaban J connectivity index is 1.93. The summed E-state index contributed by atoms with van der Waals surface area (Å²) in [6.45, 7) is 4.03. The van der Waals surface area contributed by atoms with Gasteiger partial charge in [-0.15, -0.1) is 0 Å². The van der Waals surface area contributed by atoms with Gasteiger partial charge in [0.25, 0.3) is 0 Å². The zero-order chi connectivity index (χ0) is 18.0. The second-order valence-electron chi connectivity index (χ2n) is 6.82. The third kappa shape index (κ3) is 3.29. The van der Waals surface area contributed by atoms with Gasteiger partial charge in [0.2, 0.25) is 5.91 Å². The zero-order valence-electron chi connectivity index (χ0n) is 14.8. The van der Waals surface area contributed by atoms with E-state index in [1.54, 1.807) is 0 Å². The first kappa shape index (κ1) is 17.2. The first-order valence-electron chi connectivity index (χ1n) is 8.59. The number of ether oxygens (including phenoxy) is 1. The molecular formula is C21H23NO3. The molecule has 3 rings (SSSR count). The maximum atomic E-state index is 13.1. The van der Waals surface area contributed by atoms with Gasteiger partial charge >= 0.3 is 5.97 Å². The topological polar surface area (TPSA) is 55.4 Å². The third-order valence-electron chi connectivity index (χ3n) is 4.61. The molecule has 0 unspecified atom stereocenters. The van der Waals surface area contributed by atoms with E-state index in [4.69, 9.17) is 4.74 Å². The monoisotopic (exact) mass is 337 g/mol. The van der Waals surface area contributed by atoms with Gasteiger partial charge in [0, 0.05) is 0 Å². The standard InChI is InChI=1S/C21H23NO3/c1-13(2)12-18(21(24)25-3)22-20(23)19-16-10-6-4-8-14(16)15-9-5-7-11-17(15)19/h4-11,13,18-19H,12H2,1-3H3,(H,22,23)/t18-/m0/s1. The fourth-order valence-electron chi connectivity index (χ4n) is 3.52. The normalized spacial score (nSPS) is 13.9. The number of hydrogen-bond acceptors (Lipinski definition) is 3. The number of fused-ring (bicyclic) bond motifs is 3. The van der Waals surface area contributed by atoms with Crippen LogP contribution in [-0.4, -0.2) is 25.0 Å². The highest BCUT2D eigenvalue weighted by molar-refractivity contribution is 5.97. The van der Waals surface area contributed by atoms with E-state index in [1.807, 2.05) is 62.4 Å². The van der Waals surface area contributed by atoms with Crippen molar-refractivity contribution < 1.29 is 14.3 Å². The fraction of sp³-hybridized carbons (Fsp3) is 0.333. The molecule has 25 heavy (non-hydrogen) atoms. The van der Waals surface area contributed by atoms with Crippen molar-refractivity contribution in [1.82, 2.24) is 5.32 Å². The molecule has 0 saturated heterocycles. The van der Waals surface area contributed by atoms with Crippen molar-refractivity contribution in [1.29, 1.82) is 0 Å². The second kappa shape index (κ2) is 7.09. The molecule has 1 atom stereocenters. The van der Waals surface area contributed by atoms with Crippen molar-refractivity contribution in [3.63, 3.8) is 0 Å². The maximum Gasteiger partial charge on any atom is 0.328 e. The summed E-state index contributed by atoms with van der Waals surface area (Å²) in [6.07, 6.45) is 0.550. The molecule has 1 aliphatic carbocycles. The van der Waals surface area contributed by atoms with Crippen molar-refractivity contribution in [3.05, 3.63) is 59.7 Å². The van der Waals surface area contributed by atoms with Crippen LogP contribution in [0.4, 0.5) is 0 Å². The lowest BCUT2D eigenvalue weighted by Crippen LogP contribution is -2.44. The molecule has 4 nitrogen and oxygen atoms in total. The van der Waals surface area contributed by atoms with E-state index in [-0.39, 0.29) is 11.8 Å². The molecule has 1 N–H and O–H groups in total. The lowest BCUT2D eigenvalue weighted by molar-refractivity contribution is -0.145. The van der Waals surface area contributed by atoms with Crippen molar-refractivity contribution >= 4 is 11.9 Å². The first-order chi connectivity index (χ1) is 12.0. The van der Waals surface area contributed by atoms with Gasteiger partial charge < -0.3 is 10.1 Å². The molecule has 0 saturated carbocycles. The molecule has 2 aromatic carbocycles. The molecule has 0 aromatic heterocycles. The number of rotatable bonds is 5. The van der Waals surface area contributed by atoms with Gasteiger partial charge in [0.05, 0.1) is 13.0 Å². The van der Waals surface area contributed by atoms with Gasteiger partial charge in [-0.2, -0.15) is 0 Å². The van der Waals surface area contributed by atoms with Crippen LogP contribution in [-0.2, 0) is 14.3 Å². The molecule has 130 valence electrons. The summed E-state index contributed by atoms with van der Waals surface area (Å²) in [6, 6.07) is 15.2. The number of hydrogen-bond donors (Lipinski definition) is 1. The van der Waals surface area contributed by atoms with Gasteiger partial charge in [-0.1, -0.05) is 62.4 Å². The largest absolute Gasteiger partial charge is 0.467 e. The van der Waals surface area contributed by atoms with Crippen molar-refractivity contribution in [2.24, 2.45) is 5.92 Å². The average Bonchev–Trinajstić information content (AvgIpc) is 2.94. The molecule has 0 spiro atoms. The molecule has 0 aliphatic heterocycles. The van der Waals surface area contributed by atoms with Crippen LogP contribution < -0.4 is 5.32 Å². The minimum atomic E-state index is -0.627. The maximum absolute atomic E-state index is 13.1. The minimum absolute atomic E-state index is 0.159. The Morgan fingerprint density at radius 2 is 1.52 bits per heavy atom. The van der Waals surface area contributed by atoms with Crippen LogP contribution in [0.25, 0.3) is 11.1 Å². The molecular weight excluding hydrogens is 314 g/mol. The molecule has 0 radical (unpaired) electrons. The Morgan fingerprint density at radius 3 is 2.00 bits per heavy atom. The summed E-state index contributed by atoms with van der Waals surface area (Å²) in [5.74, 6) is -0.686. The van der Waals surface area contributed by atoms with Crippen LogP contribution in [0.5, 0.6) is 0 Å². The Bertz CT molecular complexity index is 752. The highest BCUT2D eigenvalue weighted by atomic mass is 16.5. The molecule has 4 heteroatoms. The summed E-state index contributed by atoms with van der Waals surface area (Å²) < 4.78 is 4.86. The van der Waals surface area contributed by atoms with Crippen LogP contribution in [0.3, 0.4) is 0 Å². The molecule has 0 heterocycles. The molecule has 1 aliphatic rings. The van der Waals surface area contributed by atoms with Crippen molar-refractivity contribution in [3.8, 4) is 11.1 Å². The van der Waals surface area contributed by atoms with Gasteiger partial charge in [-0.25, -0.2) is 4.79 Å². The predicted molar refractivity (Wildman–Crippen MR) is 97.1 cm³/mol. The Labute approximate surface area is 148 Å². The number of benzene rings is 2. The summed E-state index contributed by atoms with van der Waals surface area (Å²) >= 11 is 0. The van der Waals surface area contributed by atoms with Crippen molar-refractivity contribution in [2.45, 2.75) is 32.2 Å². The summed E-state index contributed by atoms with van der Waals surface area (Å²) in [5.41, 5.74) is 4.12. The van der Waals surface area contributed by atoms with E-state index in [0.717, 1.165) is 22.3 Å². The third-order valence-corrected chi connectivity index (χ3v) is 4.61. The summed E-state index contributed by atoms with van der Waals surface area (Å²) in [4.78, 5) is 25.1. The number of esters is 1. The van der Waals surface area contributed by atoms with Crippen LogP contribution in [0.15, 0.2) is 48.5 Å². The Kier molecular flexibility index (Phi) is 4.88. The van der Waals surface area contributed by atoms with E-state index in [0.29, 0.717) is 6.42 Å². The van der Waals surface area contributed by atoms with Crippen molar-refractivity contribution in [2.75, 3.05) is 7.11 Å². The average molecular weight is 337 g/mol. The lowest BCUT2D eigenvalue weighted by atomic mass is 9.95. The first-order valence-corrected chi connectivity index (χ1v) is 8.59. The molecule has 1 amide bonds. The number of carbonyl (C=O) groups excluding carboxylic acids is 2. The second-order valence-corrected chi connectivity index (χ2v) is 6.82. The van der Waals surface area contributed by atoms with Crippen LogP contribution in [0, 0.1) is 5.92 Å². The molecule has 0 fully saturated rings. The number of amides is 1. The number of nitrogens with one attached hydrogen (secondary N) is 1. The smallest absolute Gasteiger partial charge is 0.328 e. The van der Waals surface area contributed by atoms with E-state index in [9.17, 15) is 9.59 Å². The highest BCUT2D eigenvalue weighted by Gasteiger charge is 2.35. The summed E-state index contributed by atoms with van der Waals surface area (Å²) in [5, 5.41) is 2.91. The quantitative estimate of drug-likeness (QED) is 0.850. The summed E-state index contributed by atoms with van der Waals surface area (Å²) in [7, 11) is 1.35. The molecule has 0 bridgehead atoms. The van der Waals surface area contributed by atoms with E-state index < -0.39 is 17.9 Å². The van der Waals surface area contributed by atoms with Gasteiger partial charge in [0.1, 0.15) is 6.04 Å². The molecule has 2 aromatic rings. The van der Waals surface area contributed by atoms with Crippen LogP contribution in [0.2, 0.25) is 0 Å². The highest BCUT2D eigenvalue weighted by Crippen LogP contribution is 2.44. The van der Waals surface area contributed by atoms with E-state index in [2.05, 4.69) is 5.32 Å². The van der Waals surface area contributed by atoms with E-state index >= 15 is 0 Å². The van der Waals surface area contributed by atoms with Crippen LogP contribution in [0.1, 0.15) is 37.3 Å². The van der Waals surface area contributed by atoms with Gasteiger partial charge in [0.15, 0.2) is 0 Å². The Hall–Kier alpha value is -2.62. The predicted octanol–water partition coefficient (Wildman–Crippen LogP) is 3.50. The SMILES string of the molecule is COC(=O)[C@H](CC(C)C)NC(=O)C1c2ccccc2-c2ccccc21. The van der Waals surface area contributed by atoms with E-state index in [1.165, 1.54) is 7.11 Å². The minimum Gasteiger partial charge on any atom is -0.467 e. The fourth-order valence-corrected chi connectivity index (χ4v) is 3.52. The van der Waals surface area contributed by atoms with Gasteiger partial charge in [-0.3, -0.25) is 4.79 Å². The number of methoxy groups -OCH3 is 1. The number of carbonyl (C=O) groups is 2. The zero-order valence-corrected chi connectivity index (χ0v) is 14.8.